The lowest BCUT2D eigenvalue weighted by Gasteiger charge is -2.25. The third-order valence-electron chi connectivity index (χ3n) is 7.46. The third kappa shape index (κ3) is 7.47. The highest BCUT2D eigenvalue weighted by Gasteiger charge is 2.34. The summed E-state index contributed by atoms with van der Waals surface area (Å²) in [7, 11) is 2.99. The number of thiazole rings is 1. The lowest BCUT2D eigenvalue weighted by molar-refractivity contribution is -0.384. The van der Waals surface area contributed by atoms with E-state index in [0.29, 0.717) is 49.0 Å². The number of allylic oxidation sites excluding steroid dienone is 1. The third-order valence-corrected chi connectivity index (χ3v) is 8.73. The first-order valence-corrected chi connectivity index (χ1v) is 16.4. The van der Waals surface area contributed by atoms with E-state index < -0.39 is 16.9 Å². The van der Waals surface area contributed by atoms with Crippen molar-refractivity contribution in [3.05, 3.63) is 117 Å². The topological polar surface area (TPSA) is 141 Å². The van der Waals surface area contributed by atoms with Crippen LogP contribution in [-0.2, 0) is 16.1 Å². The first kappa shape index (κ1) is 35.2. The molecular formula is C35H34ClN3O9S. The van der Waals surface area contributed by atoms with Crippen LogP contribution in [0.5, 0.6) is 23.0 Å². The van der Waals surface area contributed by atoms with Crippen LogP contribution < -0.4 is 33.8 Å². The van der Waals surface area contributed by atoms with E-state index in [2.05, 4.69) is 4.99 Å². The molecule has 0 amide bonds. The predicted molar refractivity (Wildman–Crippen MR) is 185 cm³/mol. The van der Waals surface area contributed by atoms with Crippen molar-refractivity contribution in [2.45, 2.75) is 46.4 Å². The molecule has 0 radical (unpaired) electrons. The number of ether oxygens (including phenoxy) is 5. The van der Waals surface area contributed by atoms with Crippen molar-refractivity contribution in [1.82, 2.24) is 4.57 Å². The van der Waals surface area contributed by atoms with E-state index in [1.165, 1.54) is 30.9 Å². The van der Waals surface area contributed by atoms with Crippen molar-refractivity contribution >= 4 is 40.7 Å². The molecule has 0 unspecified atom stereocenters. The highest BCUT2D eigenvalue weighted by molar-refractivity contribution is 7.07. The number of hydrogen-bond acceptors (Lipinski definition) is 11. The fraction of sp³-hybridized carbons (Fsp3) is 0.286. The van der Waals surface area contributed by atoms with Crippen molar-refractivity contribution in [2.75, 3.05) is 20.8 Å². The number of rotatable bonds is 12. The number of methoxy groups -OCH3 is 2. The van der Waals surface area contributed by atoms with E-state index in [1.54, 1.807) is 62.4 Å². The van der Waals surface area contributed by atoms with Gasteiger partial charge in [0, 0.05) is 12.1 Å². The van der Waals surface area contributed by atoms with Crippen LogP contribution in [0.4, 0.5) is 5.69 Å². The minimum Gasteiger partial charge on any atom is -0.493 e. The number of fused-ring (bicyclic) bond motifs is 1. The summed E-state index contributed by atoms with van der Waals surface area (Å²) >= 11 is 7.80. The molecule has 0 N–H and O–H groups in total. The molecule has 0 bridgehead atoms. The number of halogens is 1. The molecule has 2 heterocycles. The predicted octanol–water partition coefficient (Wildman–Crippen LogP) is 5.74. The van der Waals surface area contributed by atoms with Crippen LogP contribution in [0.3, 0.4) is 0 Å². The number of non-ortho nitro benzene ring substituents is 1. The van der Waals surface area contributed by atoms with E-state index in [1.807, 2.05) is 13.8 Å². The molecule has 0 aliphatic carbocycles. The molecule has 256 valence electrons. The average molecular weight is 708 g/mol. The van der Waals surface area contributed by atoms with Gasteiger partial charge in [-0.15, -0.1) is 0 Å². The molecule has 12 nitrogen and oxygen atoms in total. The van der Waals surface area contributed by atoms with Crippen molar-refractivity contribution in [2.24, 2.45) is 4.99 Å². The van der Waals surface area contributed by atoms with Gasteiger partial charge in [0.2, 0.25) is 0 Å². The van der Waals surface area contributed by atoms with E-state index in [0.717, 1.165) is 11.3 Å². The Kier molecular flexibility index (Phi) is 10.7. The van der Waals surface area contributed by atoms with E-state index in [-0.39, 0.29) is 46.9 Å². The summed E-state index contributed by atoms with van der Waals surface area (Å²) in [6, 6.07) is 13.7. The van der Waals surface area contributed by atoms with Gasteiger partial charge in [0.1, 0.15) is 6.61 Å². The number of nitro groups is 1. The highest BCUT2D eigenvalue weighted by atomic mass is 35.5. The molecule has 1 atom stereocenters. The summed E-state index contributed by atoms with van der Waals surface area (Å²) in [6.45, 7) is 7.47. The molecule has 49 heavy (non-hydrogen) atoms. The lowest BCUT2D eigenvalue weighted by atomic mass is 9.95. The van der Waals surface area contributed by atoms with Crippen LogP contribution in [0.15, 0.2) is 75.7 Å². The number of aromatic nitrogens is 1. The molecule has 5 rings (SSSR count). The molecule has 1 aromatic heterocycles. The molecular weight excluding hydrogens is 674 g/mol. The summed E-state index contributed by atoms with van der Waals surface area (Å²) in [4.78, 5) is 43.0. The Morgan fingerprint density at radius 2 is 1.80 bits per heavy atom. The number of carbonyl (C=O) groups is 1. The molecule has 0 spiro atoms. The maximum atomic E-state index is 14.2. The molecule has 0 fully saturated rings. The fourth-order valence-electron chi connectivity index (χ4n) is 5.30. The largest absolute Gasteiger partial charge is 0.493 e. The number of benzene rings is 3. The zero-order chi connectivity index (χ0) is 35.4. The number of nitrogens with zero attached hydrogens (tertiary/aromatic N) is 3. The summed E-state index contributed by atoms with van der Waals surface area (Å²) < 4.78 is 30.2. The standard InChI is InChI=1S/C35H34ClN3O9S/c1-7-46-34(41)30-20(4)37-35-38(31(30)23-10-13-26(48-19(2)3)27(17-23)44-5)33(40)29(49-35)16-22-14-25(36)32(28(15-22)45-6)47-18-21-8-11-24(12-9-21)39(42)43/h8-17,19,31H,7,18H2,1-6H3/b29-16-/t31-/m1/s1. The van der Waals surface area contributed by atoms with E-state index in [4.69, 9.17) is 35.3 Å². The molecule has 4 aromatic rings. The quantitative estimate of drug-likeness (QED) is 0.102. The fourth-order valence-corrected chi connectivity index (χ4v) is 6.62. The first-order chi connectivity index (χ1) is 23.4. The number of hydrogen-bond donors (Lipinski definition) is 0. The Morgan fingerprint density at radius 1 is 1.08 bits per heavy atom. The van der Waals surface area contributed by atoms with E-state index >= 15 is 0 Å². The molecule has 1 aliphatic rings. The van der Waals surface area contributed by atoms with Gasteiger partial charge in [-0.2, -0.15) is 0 Å². The van der Waals surface area contributed by atoms with Crippen molar-refractivity contribution < 1.29 is 33.4 Å². The van der Waals surface area contributed by atoms with Crippen molar-refractivity contribution in [3.63, 3.8) is 0 Å². The van der Waals surface area contributed by atoms with Gasteiger partial charge < -0.3 is 23.7 Å². The maximum absolute atomic E-state index is 14.2. The molecule has 0 saturated heterocycles. The molecule has 1 aliphatic heterocycles. The van der Waals surface area contributed by atoms with Gasteiger partial charge in [-0.1, -0.05) is 29.0 Å². The monoisotopic (exact) mass is 707 g/mol. The van der Waals surface area contributed by atoms with Crippen LogP contribution in [0.1, 0.15) is 50.4 Å². The van der Waals surface area contributed by atoms with Gasteiger partial charge in [-0.05, 0) is 86.9 Å². The van der Waals surface area contributed by atoms with Gasteiger partial charge in [0.15, 0.2) is 27.8 Å². The zero-order valence-corrected chi connectivity index (χ0v) is 29.2. The van der Waals surface area contributed by atoms with Crippen LogP contribution in [0.25, 0.3) is 6.08 Å². The average Bonchev–Trinajstić information content (AvgIpc) is 3.37. The van der Waals surface area contributed by atoms with Gasteiger partial charge in [0.05, 0.1) is 58.7 Å². The second-order valence-electron chi connectivity index (χ2n) is 11.1. The van der Waals surface area contributed by atoms with E-state index in [9.17, 15) is 19.7 Å². The highest BCUT2D eigenvalue weighted by Crippen LogP contribution is 2.38. The Balaban J connectivity index is 1.56. The van der Waals surface area contributed by atoms with Crippen LogP contribution in [-0.4, -0.2) is 42.4 Å². The Morgan fingerprint density at radius 3 is 2.43 bits per heavy atom. The molecule has 14 heteroatoms. The van der Waals surface area contributed by atoms with Crippen LogP contribution >= 0.6 is 22.9 Å². The Bertz CT molecular complexity index is 2120. The summed E-state index contributed by atoms with van der Waals surface area (Å²) in [6.07, 6.45) is 1.57. The van der Waals surface area contributed by atoms with Gasteiger partial charge in [-0.3, -0.25) is 19.5 Å². The van der Waals surface area contributed by atoms with Gasteiger partial charge >= 0.3 is 5.97 Å². The number of carbonyl (C=O) groups excluding carboxylic acids is 1. The second-order valence-corrected chi connectivity index (χ2v) is 12.5. The number of esters is 1. The maximum Gasteiger partial charge on any atom is 0.338 e. The van der Waals surface area contributed by atoms with Crippen molar-refractivity contribution in [1.29, 1.82) is 0 Å². The number of nitro benzene ring substituents is 1. The second kappa shape index (κ2) is 15.0. The minimum absolute atomic E-state index is 0.0264. The summed E-state index contributed by atoms with van der Waals surface area (Å²) in [5.41, 5.74) is 2.12. The Labute approximate surface area is 290 Å². The SMILES string of the molecule is CCOC(=O)C1=C(C)N=c2s/c(=C\c3cc(Cl)c(OCc4ccc([N+](=O)[O-])cc4)c(OC)c3)c(=O)n2[C@@H]1c1ccc(OC(C)C)c(OC)c1. The zero-order valence-electron chi connectivity index (χ0n) is 27.6. The van der Waals surface area contributed by atoms with Crippen molar-refractivity contribution in [3.8, 4) is 23.0 Å². The van der Waals surface area contributed by atoms with Gasteiger partial charge in [-0.25, -0.2) is 9.79 Å². The van der Waals surface area contributed by atoms with Crippen LogP contribution in [0.2, 0.25) is 5.02 Å². The summed E-state index contributed by atoms with van der Waals surface area (Å²) in [5.74, 6) is 0.990. The van der Waals surface area contributed by atoms with Gasteiger partial charge in [0.25, 0.3) is 11.2 Å². The van der Waals surface area contributed by atoms with Crippen LogP contribution in [0, 0.1) is 10.1 Å². The summed E-state index contributed by atoms with van der Waals surface area (Å²) in [5, 5.41) is 11.2. The Hall–Kier alpha value is -5.14. The normalized spacial score (nSPS) is 14.3. The minimum atomic E-state index is -0.854. The lowest BCUT2D eigenvalue weighted by Crippen LogP contribution is -2.40. The molecule has 0 saturated carbocycles. The smallest absolute Gasteiger partial charge is 0.338 e. The molecule has 3 aromatic carbocycles. The first-order valence-electron chi connectivity index (χ1n) is 15.2.